The van der Waals surface area contributed by atoms with Gasteiger partial charge in [-0.05, 0) is 53.4 Å². The van der Waals surface area contributed by atoms with Gasteiger partial charge >= 0.3 is 12.2 Å². The Kier molecular flexibility index (Phi) is 7.98. The topological polar surface area (TPSA) is 41.6 Å². The van der Waals surface area contributed by atoms with Gasteiger partial charge in [-0.15, -0.1) is 0 Å². The molecular formula is C26H27F3N2O2. The Balaban J connectivity index is 1.66. The van der Waals surface area contributed by atoms with E-state index in [0.717, 1.165) is 23.3 Å². The molecule has 1 N–H and O–H groups in total. The minimum atomic E-state index is -4.42. The molecule has 0 aliphatic rings. The molecule has 0 unspecified atom stereocenters. The number of alkyl halides is 3. The van der Waals surface area contributed by atoms with Crippen molar-refractivity contribution < 1.29 is 22.7 Å². The lowest BCUT2D eigenvalue weighted by Gasteiger charge is -2.25. The van der Waals surface area contributed by atoms with Crippen LogP contribution < -0.4 is 10.1 Å². The van der Waals surface area contributed by atoms with Crippen LogP contribution in [0.5, 0.6) is 5.75 Å². The normalized spacial score (nSPS) is 11.3. The summed E-state index contributed by atoms with van der Waals surface area (Å²) in [7, 11) is 0. The third kappa shape index (κ3) is 7.56. The van der Waals surface area contributed by atoms with Gasteiger partial charge in [-0.2, -0.15) is 13.2 Å². The van der Waals surface area contributed by atoms with E-state index >= 15 is 0 Å². The monoisotopic (exact) mass is 456 g/mol. The molecule has 0 radical (unpaired) electrons. The molecular weight excluding hydrogens is 429 g/mol. The van der Waals surface area contributed by atoms with Crippen LogP contribution in [0.2, 0.25) is 0 Å². The number of urea groups is 1. The number of hydrogen-bond acceptors (Lipinski definition) is 2. The van der Waals surface area contributed by atoms with Crippen molar-refractivity contribution in [1.29, 1.82) is 0 Å². The van der Waals surface area contributed by atoms with Crippen LogP contribution in [0.1, 0.15) is 30.5 Å². The van der Waals surface area contributed by atoms with Crippen molar-refractivity contribution >= 4 is 11.7 Å². The van der Waals surface area contributed by atoms with Crippen molar-refractivity contribution in [2.75, 3.05) is 11.9 Å². The van der Waals surface area contributed by atoms with Crippen molar-refractivity contribution in [2.45, 2.75) is 33.2 Å². The second kappa shape index (κ2) is 10.9. The van der Waals surface area contributed by atoms with E-state index < -0.39 is 11.7 Å². The number of ether oxygens (including phenoxy) is 1. The highest BCUT2D eigenvalue weighted by atomic mass is 19.4. The number of halogens is 3. The summed E-state index contributed by atoms with van der Waals surface area (Å²) in [6, 6.07) is 21.4. The fourth-order valence-electron chi connectivity index (χ4n) is 3.30. The average molecular weight is 457 g/mol. The predicted octanol–water partition coefficient (Wildman–Crippen LogP) is 6.97. The highest BCUT2D eigenvalue weighted by molar-refractivity contribution is 5.89. The molecule has 0 atom stereocenters. The standard InChI is InChI=1S/C26H27F3N2O2/c1-19(2)16-31(25(32)30-23-13-11-22(12-14-23)26(27,28)29)17-21-9-6-10-24(15-21)33-18-20-7-4-3-5-8-20/h3-15,19H,16-18H2,1-2H3,(H,30,32). The molecule has 33 heavy (non-hydrogen) atoms. The van der Waals surface area contributed by atoms with E-state index in [9.17, 15) is 18.0 Å². The summed E-state index contributed by atoms with van der Waals surface area (Å²) < 4.78 is 44.2. The molecule has 0 aromatic heterocycles. The van der Waals surface area contributed by atoms with Crippen molar-refractivity contribution in [1.82, 2.24) is 4.90 Å². The molecule has 0 spiro atoms. The third-order valence-electron chi connectivity index (χ3n) is 4.86. The zero-order valence-electron chi connectivity index (χ0n) is 18.6. The molecule has 3 aromatic carbocycles. The fraction of sp³-hybridized carbons (Fsp3) is 0.269. The summed E-state index contributed by atoms with van der Waals surface area (Å²) >= 11 is 0. The first kappa shape index (κ1) is 24.2. The minimum absolute atomic E-state index is 0.209. The maximum absolute atomic E-state index is 12.9. The van der Waals surface area contributed by atoms with Crippen LogP contribution in [0, 0.1) is 5.92 Å². The lowest BCUT2D eigenvalue weighted by Crippen LogP contribution is -2.37. The van der Waals surface area contributed by atoms with Gasteiger partial charge < -0.3 is 15.0 Å². The molecule has 0 saturated carbocycles. The van der Waals surface area contributed by atoms with Crippen LogP contribution in [0.15, 0.2) is 78.9 Å². The molecule has 0 aliphatic carbocycles. The van der Waals surface area contributed by atoms with Gasteiger partial charge in [0.1, 0.15) is 12.4 Å². The van der Waals surface area contributed by atoms with Crippen molar-refractivity contribution in [3.63, 3.8) is 0 Å². The first-order valence-corrected chi connectivity index (χ1v) is 10.7. The van der Waals surface area contributed by atoms with Crippen molar-refractivity contribution in [3.05, 3.63) is 95.6 Å². The van der Waals surface area contributed by atoms with Gasteiger partial charge in [0.25, 0.3) is 0 Å². The van der Waals surface area contributed by atoms with E-state index in [-0.39, 0.29) is 11.9 Å². The molecule has 0 bridgehead atoms. The Hall–Kier alpha value is -3.48. The number of rotatable bonds is 8. The van der Waals surface area contributed by atoms with Gasteiger partial charge in [0, 0.05) is 18.8 Å². The highest BCUT2D eigenvalue weighted by Crippen LogP contribution is 2.30. The van der Waals surface area contributed by atoms with Crippen molar-refractivity contribution in [2.24, 2.45) is 5.92 Å². The van der Waals surface area contributed by atoms with Crippen LogP contribution in [0.25, 0.3) is 0 Å². The predicted molar refractivity (Wildman–Crippen MR) is 123 cm³/mol. The first-order valence-electron chi connectivity index (χ1n) is 10.7. The molecule has 0 fully saturated rings. The number of hydrogen-bond donors (Lipinski definition) is 1. The van der Waals surface area contributed by atoms with Crippen LogP contribution in [-0.4, -0.2) is 17.5 Å². The molecule has 2 amide bonds. The smallest absolute Gasteiger partial charge is 0.416 e. The maximum atomic E-state index is 12.9. The number of nitrogens with zero attached hydrogens (tertiary/aromatic N) is 1. The summed E-state index contributed by atoms with van der Waals surface area (Å²) in [4.78, 5) is 14.5. The van der Waals surface area contributed by atoms with Gasteiger partial charge in [0.15, 0.2) is 0 Å². The Morgan fingerprint density at radius 3 is 2.24 bits per heavy atom. The molecule has 0 aliphatic heterocycles. The lowest BCUT2D eigenvalue weighted by atomic mass is 10.1. The number of carbonyl (C=O) groups is 1. The summed E-state index contributed by atoms with van der Waals surface area (Å²) in [6.45, 7) is 5.26. The van der Waals surface area contributed by atoms with E-state index in [0.29, 0.717) is 31.1 Å². The van der Waals surface area contributed by atoms with E-state index in [2.05, 4.69) is 5.32 Å². The van der Waals surface area contributed by atoms with Crippen LogP contribution in [0.4, 0.5) is 23.7 Å². The number of carbonyl (C=O) groups excluding carboxylic acids is 1. The van der Waals surface area contributed by atoms with Gasteiger partial charge in [-0.1, -0.05) is 56.3 Å². The van der Waals surface area contributed by atoms with Gasteiger partial charge in [0.05, 0.1) is 5.56 Å². The van der Waals surface area contributed by atoms with Crippen LogP contribution in [-0.2, 0) is 19.3 Å². The Morgan fingerprint density at radius 2 is 1.61 bits per heavy atom. The molecule has 0 heterocycles. The minimum Gasteiger partial charge on any atom is -0.489 e. The summed E-state index contributed by atoms with van der Waals surface area (Å²) in [5.74, 6) is 0.907. The fourth-order valence-corrected chi connectivity index (χ4v) is 3.30. The number of anilines is 1. The van der Waals surface area contributed by atoms with Crippen LogP contribution >= 0.6 is 0 Å². The Morgan fingerprint density at radius 1 is 0.939 bits per heavy atom. The molecule has 7 heteroatoms. The Bertz CT molecular complexity index is 1040. The third-order valence-corrected chi connectivity index (χ3v) is 4.86. The lowest BCUT2D eigenvalue weighted by molar-refractivity contribution is -0.137. The zero-order chi connectivity index (χ0) is 23.8. The summed E-state index contributed by atoms with van der Waals surface area (Å²) in [5.41, 5.74) is 1.50. The summed E-state index contributed by atoms with van der Waals surface area (Å²) in [6.07, 6.45) is -4.42. The number of benzene rings is 3. The van der Waals surface area contributed by atoms with E-state index in [4.69, 9.17) is 4.74 Å². The molecule has 0 saturated heterocycles. The molecule has 174 valence electrons. The quantitative estimate of drug-likeness (QED) is 0.398. The van der Waals surface area contributed by atoms with Gasteiger partial charge in [0.2, 0.25) is 0 Å². The van der Waals surface area contributed by atoms with E-state index in [1.807, 2.05) is 68.4 Å². The van der Waals surface area contributed by atoms with Gasteiger partial charge in [-0.25, -0.2) is 4.79 Å². The maximum Gasteiger partial charge on any atom is 0.416 e. The van der Waals surface area contributed by atoms with Crippen LogP contribution in [0.3, 0.4) is 0 Å². The second-order valence-corrected chi connectivity index (χ2v) is 8.20. The number of nitrogens with one attached hydrogen (secondary N) is 1. The largest absolute Gasteiger partial charge is 0.489 e. The van der Waals surface area contributed by atoms with Crippen molar-refractivity contribution in [3.8, 4) is 5.75 Å². The molecule has 3 aromatic rings. The average Bonchev–Trinajstić information content (AvgIpc) is 2.78. The first-order chi connectivity index (χ1) is 15.7. The van der Waals surface area contributed by atoms with E-state index in [1.54, 1.807) is 4.90 Å². The number of amides is 2. The molecule has 4 nitrogen and oxygen atoms in total. The second-order valence-electron chi connectivity index (χ2n) is 8.20. The molecule has 3 rings (SSSR count). The zero-order valence-corrected chi connectivity index (χ0v) is 18.6. The van der Waals surface area contributed by atoms with E-state index in [1.165, 1.54) is 12.1 Å². The Labute approximate surface area is 192 Å². The van der Waals surface area contributed by atoms with Gasteiger partial charge in [-0.3, -0.25) is 0 Å². The SMILES string of the molecule is CC(C)CN(Cc1cccc(OCc2ccccc2)c1)C(=O)Nc1ccc(C(F)(F)F)cc1. The highest BCUT2D eigenvalue weighted by Gasteiger charge is 2.30. The summed E-state index contributed by atoms with van der Waals surface area (Å²) in [5, 5.41) is 2.70.